The van der Waals surface area contributed by atoms with Gasteiger partial charge in [0.2, 0.25) is 0 Å². The summed E-state index contributed by atoms with van der Waals surface area (Å²) in [6.45, 7) is 11.2. The van der Waals surface area contributed by atoms with Gasteiger partial charge in [-0.05, 0) is 56.8 Å². The first kappa shape index (κ1) is 26.6. The lowest BCUT2D eigenvalue weighted by Crippen LogP contribution is -2.44. The third-order valence-corrected chi connectivity index (χ3v) is 6.07. The van der Waals surface area contributed by atoms with Gasteiger partial charge in [0.15, 0.2) is 5.96 Å². The van der Waals surface area contributed by atoms with Gasteiger partial charge in [-0.2, -0.15) is 5.10 Å². The van der Waals surface area contributed by atoms with Gasteiger partial charge in [-0.15, -0.1) is 24.0 Å². The second-order valence-corrected chi connectivity index (χ2v) is 8.95. The van der Waals surface area contributed by atoms with Crippen molar-refractivity contribution in [3.63, 3.8) is 0 Å². The number of benzene rings is 1. The molecule has 3 rings (SSSR count). The normalized spacial score (nSPS) is 17.5. The Balaban J connectivity index is 0.00000363. The predicted molar refractivity (Wildman–Crippen MR) is 141 cm³/mol. The van der Waals surface area contributed by atoms with Crippen molar-refractivity contribution in [1.82, 2.24) is 25.3 Å². The summed E-state index contributed by atoms with van der Waals surface area (Å²) in [5, 5.41) is 21.6. The molecule has 0 bridgehead atoms. The highest BCUT2D eigenvalue weighted by Gasteiger charge is 2.25. The first-order valence-corrected chi connectivity index (χ1v) is 11.4. The van der Waals surface area contributed by atoms with E-state index in [4.69, 9.17) is 4.99 Å². The van der Waals surface area contributed by atoms with Crippen molar-refractivity contribution in [2.75, 3.05) is 26.2 Å². The average Bonchev–Trinajstić information content (AvgIpc) is 3.20. The number of aryl methyl sites for hydroxylation is 1. The molecule has 1 atom stereocenters. The maximum absolute atomic E-state index is 10.8. The minimum absolute atomic E-state index is 0. The number of aliphatic imine (C=N–C) groups is 1. The largest absolute Gasteiger partial charge is 0.383 e. The Labute approximate surface area is 209 Å². The molecule has 2 heterocycles. The molecule has 1 fully saturated rings. The van der Waals surface area contributed by atoms with E-state index in [-0.39, 0.29) is 24.0 Å². The van der Waals surface area contributed by atoms with Crippen LogP contribution in [-0.4, -0.2) is 51.9 Å². The number of nitrogens with zero attached hydrogens (tertiary/aromatic N) is 4. The molecular formula is C24H39IN6O. The number of halogens is 1. The molecule has 1 aromatic carbocycles. The van der Waals surface area contributed by atoms with Crippen LogP contribution >= 0.6 is 24.0 Å². The first-order chi connectivity index (χ1) is 14.9. The SMILES string of the molecule is CCNC(=NCc1ccccc1CN1CCC(C)CC1)NCC(C)(O)c1cnn(C)c1.I. The zero-order valence-corrected chi connectivity index (χ0v) is 22.2. The number of nitrogens with one attached hydrogen (secondary N) is 2. The fourth-order valence-corrected chi connectivity index (χ4v) is 3.89. The highest BCUT2D eigenvalue weighted by atomic mass is 127. The third kappa shape index (κ3) is 7.74. The van der Waals surface area contributed by atoms with E-state index in [1.165, 1.54) is 37.1 Å². The molecule has 7 nitrogen and oxygen atoms in total. The van der Waals surface area contributed by atoms with Crippen molar-refractivity contribution >= 4 is 29.9 Å². The monoisotopic (exact) mass is 554 g/mol. The van der Waals surface area contributed by atoms with E-state index in [0.29, 0.717) is 19.0 Å². The summed E-state index contributed by atoms with van der Waals surface area (Å²) < 4.78 is 1.70. The molecule has 1 unspecified atom stereocenters. The van der Waals surface area contributed by atoms with Crippen molar-refractivity contribution in [3.05, 3.63) is 53.3 Å². The summed E-state index contributed by atoms with van der Waals surface area (Å²) in [6.07, 6.45) is 6.10. The molecule has 0 radical (unpaired) electrons. The zero-order valence-electron chi connectivity index (χ0n) is 19.8. The number of guanidine groups is 1. The van der Waals surface area contributed by atoms with Crippen molar-refractivity contribution < 1.29 is 5.11 Å². The Morgan fingerprint density at radius 1 is 1.22 bits per heavy atom. The van der Waals surface area contributed by atoms with Crippen LogP contribution in [-0.2, 0) is 25.7 Å². The van der Waals surface area contributed by atoms with Gasteiger partial charge in [-0.1, -0.05) is 31.2 Å². The minimum atomic E-state index is -1.03. The molecule has 32 heavy (non-hydrogen) atoms. The molecular weight excluding hydrogens is 515 g/mol. The molecule has 0 aliphatic carbocycles. The highest BCUT2D eigenvalue weighted by Crippen LogP contribution is 2.20. The number of hydrogen-bond acceptors (Lipinski definition) is 4. The van der Waals surface area contributed by atoms with Gasteiger partial charge in [0.05, 0.1) is 19.3 Å². The maximum atomic E-state index is 10.8. The summed E-state index contributed by atoms with van der Waals surface area (Å²) in [5.41, 5.74) is 2.34. The summed E-state index contributed by atoms with van der Waals surface area (Å²) >= 11 is 0. The lowest BCUT2D eigenvalue weighted by molar-refractivity contribution is 0.0616. The molecule has 1 aliphatic rings. The minimum Gasteiger partial charge on any atom is -0.383 e. The van der Waals surface area contributed by atoms with Crippen molar-refractivity contribution in [2.24, 2.45) is 18.0 Å². The number of piperidine rings is 1. The molecule has 0 spiro atoms. The molecule has 0 amide bonds. The van der Waals surface area contributed by atoms with Crippen LogP contribution in [0.25, 0.3) is 0 Å². The number of rotatable bonds is 8. The van der Waals surface area contributed by atoms with E-state index >= 15 is 0 Å². The lowest BCUT2D eigenvalue weighted by Gasteiger charge is -2.30. The number of aliphatic hydroxyl groups is 1. The Hall–Kier alpha value is -1.65. The van der Waals surface area contributed by atoms with Crippen molar-refractivity contribution in [3.8, 4) is 0 Å². The van der Waals surface area contributed by atoms with Gasteiger partial charge < -0.3 is 15.7 Å². The molecule has 178 valence electrons. The Morgan fingerprint density at radius 2 is 1.91 bits per heavy atom. The van der Waals surface area contributed by atoms with E-state index in [0.717, 1.165) is 24.6 Å². The van der Waals surface area contributed by atoms with Crippen LogP contribution in [0.5, 0.6) is 0 Å². The fourth-order valence-electron chi connectivity index (χ4n) is 3.89. The van der Waals surface area contributed by atoms with E-state index in [1.807, 2.05) is 20.2 Å². The van der Waals surface area contributed by atoms with Crippen LogP contribution in [0.1, 0.15) is 50.3 Å². The quantitative estimate of drug-likeness (QED) is 0.266. The molecule has 1 aliphatic heterocycles. The average molecular weight is 555 g/mol. The molecule has 0 saturated carbocycles. The Kier molecular flexibility index (Phi) is 10.4. The topological polar surface area (TPSA) is 77.7 Å². The second-order valence-electron chi connectivity index (χ2n) is 8.95. The molecule has 1 saturated heterocycles. The van der Waals surface area contributed by atoms with Crippen LogP contribution in [0.15, 0.2) is 41.7 Å². The second kappa shape index (κ2) is 12.6. The van der Waals surface area contributed by atoms with E-state index < -0.39 is 5.60 Å². The Morgan fingerprint density at radius 3 is 2.53 bits per heavy atom. The molecule has 2 aromatic rings. The van der Waals surface area contributed by atoms with Crippen LogP contribution in [0.4, 0.5) is 0 Å². The summed E-state index contributed by atoms with van der Waals surface area (Å²) in [6, 6.07) is 8.58. The van der Waals surface area contributed by atoms with Gasteiger partial charge in [0, 0.05) is 31.9 Å². The van der Waals surface area contributed by atoms with Crippen LogP contribution < -0.4 is 10.6 Å². The molecule has 8 heteroatoms. The fraction of sp³-hybridized carbons (Fsp3) is 0.583. The van der Waals surface area contributed by atoms with Gasteiger partial charge >= 0.3 is 0 Å². The number of likely N-dealkylation sites (tertiary alicyclic amines) is 1. The smallest absolute Gasteiger partial charge is 0.191 e. The maximum Gasteiger partial charge on any atom is 0.191 e. The van der Waals surface area contributed by atoms with E-state index in [9.17, 15) is 5.11 Å². The summed E-state index contributed by atoms with van der Waals surface area (Å²) in [5.74, 6) is 1.54. The summed E-state index contributed by atoms with van der Waals surface area (Å²) in [7, 11) is 1.85. The highest BCUT2D eigenvalue weighted by molar-refractivity contribution is 14.0. The number of aromatic nitrogens is 2. The van der Waals surface area contributed by atoms with Crippen molar-refractivity contribution in [1.29, 1.82) is 0 Å². The molecule has 1 aromatic heterocycles. The van der Waals surface area contributed by atoms with E-state index in [1.54, 1.807) is 17.8 Å². The number of hydrogen-bond donors (Lipinski definition) is 3. The summed E-state index contributed by atoms with van der Waals surface area (Å²) in [4.78, 5) is 7.35. The lowest BCUT2D eigenvalue weighted by atomic mass is 9.98. The van der Waals surface area contributed by atoms with E-state index in [2.05, 4.69) is 51.8 Å². The van der Waals surface area contributed by atoms with Gasteiger partial charge in [0.25, 0.3) is 0 Å². The predicted octanol–water partition coefficient (Wildman–Crippen LogP) is 3.23. The van der Waals surface area contributed by atoms with Crippen LogP contribution in [0.3, 0.4) is 0 Å². The van der Waals surface area contributed by atoms with Gasteiger partial charge in [-0.25, -0.2) is 4.99 Å². The van der Waals surface area contributed by atoms with Gasteiger partial charge in [0.1, 0.15) is 5.60 Å². The van der Waals surface area contributed by atoms with Crippen molar-refractivity contribution in [2.45, 2.75) is 52.3 Å². The van der Waals surface area contributed by atoms with Crippen LogP contribution in [0.2, 0.25) is 0 Å². The molecule has 3 N–H and O–H groups in total. The van der Waals surface area contributed by atoms with Crippen LogP contribution in [0, 0.1) is 5.92 Å². The third-order valence-electron chi connectivity index (χ3n) is 6.07. The first-order valence-electron chi connectivity index (χ1n) is 11.4. The standard InChI is InChI=1S/C24H38N6O.HI/c1-5-25-23(27-18-24(3,31)22-15-28-29(4)17-22)26-14-20-8-6-7-9-21(20)16-30-12-10-19(2)11-13-30;/h6-9,15,17,19,31H,5,10-14,16,18H2,1-4H3,(H2,25,26,27);1H. The zero-order chi connectivity index (χ0) is 22.3. The van der Waals surface area contributed by atoms with Gasteiger partial charge in [-0.3, -0.25) is 9.58 Å². The Bertz CT molecular complexity index is 858.